The van der Waals surface area contributed by atoms with Crippen LogP contribution in [0, 0.1) is 18.3 Å². The quantitative estimate of drug-likeness (QED) is 0.777. The van der Waals surface area contributed by atoms with Gasteiger partial charge in [0, 0.05) is 4.90 Å². The Bertz CT molecular complexity index is 848. The van der Waals surface area contributed by atoms with Crippen LogP contribution in [0.3, 0.4) is 0 Å². The van der Waals surface area contributed by atoms with Crippen LogP contribution in [-0.4, -0.2) is 15.1 Å². The largest absolute Gasteiger partial charge is 0.392 e. The fraction of sp³-hybridized carbons (Fsp3) is 0.125. The maximum absolute atomic E-state index is 9.22. The second-order valence-electron chi connectivity index (χ2n) is 4.77. The van der Waals surface area contributed by atoms with E-state index in [0.29, 0.717) is 5.56 Å². The third-order valence-corrected chi connectivity index (χ3v) is 4.13. The Morgan fingerprint density at radius 3 is 2.90 bits per heavy atom. The fourth-order valence-electron chi connectivity index (χ4n) is 2.10. The summed E-state index contributed by atoms with van der Waals surface area (Å²) in [6.07, 6.45) is 0. The molecule has 2 N–H and O–H groups in total. The number of nitrogens with zero attached hydrogens (tertiary/aromatic N) is 2. The molecule has 21 heavy (non-hydrogen) atoms. The van der Waals surface area contributed by atoms with E-state index in [1.54, 1.807) is 6.07 Å². The van der Waals surface area contributed by atoms with Crippen LogP contribution in [0.5, 0.6) is 0 Å². The number of rotatable bonds is 3. The molecule has 0 saturated carbocycles. The van der Waals surface area contributed by atoms with Crippen LogP contribution in [0.15, 0.2) is 46.5 Å². The van der Waals surface area contributed by atoms with Crippen molar-refractivity contribution in [3.05, 3.63) is 53.1 Å². The first kappa shape index (κ1) is 13.7. The first-order valence-corrected chi connectivity index (χ1v) is 7.29. The van der Waals surface area contributed by atoms with E-state index in [9.17, 15) is 5.26 Å². The summed E-state index contributed by atoms with van der Waals surface area (Å²) in [5, 5.41) is 19.1. The average Bonchev–Trinajstić information content (AvgIpc) is 2.89. The van der Waals surface area contributed by atoms with Crippen LogP contribution in [0.4, 0.5) is 0 Å². The molecule has 0 fully saturated rings. The van der Waals surface area contributed by atoms with E-state index in [1.165, 1.54) is 17.3 Å². The van der Waals surface area contributed by atoms with Crippen molar-refractivity contribution < 1.29 is 5.11 Å². The summed E-state index contributed by atoms with van der Waals surface area (Å²) in [4.78, 5) is 8.60. The number of H-pyrrole nitrogens is 1. The first-order chi connectivity index (χ1) is 10.2. The number of hydrogen-bond acceptors (Lipinski definition) is 4. The smallest absolute Gasteiger partial charge is 0.171 e. The molecule has 1 heterocycles. The molecule has 0 aliphatic carbocycles. The topological polar surface area (TPSA) is 72.7 Å². The number of aryl methyl sites for hydroxylation is 1. The second kappa shape index (κ2) is 5.60. The number of nitriles is 1. The monoisotopic (exact) mass is 295 g/mol. The molecule has 0 atom stereocenters. The van der Waals surface area contributed by atoms with Crippen LogP contribution in [0.2, 0.25) is 0 Å². The van der Waals surface area contributed by atoms with Crippen LogP contribution < -0.4 is 0 Å². The van der Waals surface area contributed by atoms with E-state index in [4.69, 9.17) is 5.11 Å². The predicted molar refractivity (Wildman–Crippen MR) is 82.0 cm³/mol. The van der Waals surface area contributed by atoms with Gasteiger partial charge in [-0.2, -0.15) is 5.26 Å². The Morgan fingerprint density at radius 1 is 1.29 bits per heavy atom. The number of nitrogens with one attached hydrogen (secondary N) is 1. The van der Waals surface area contributed by atoms with Crippen LogP contribution in [0.1, 0.15) is 16.7 Å². The van der Waals surface area contributed by atoms with E-state index in [-0.39, 0.29) is 6.61 Å². The SMILES string of the molecule is Cc1ccc2nc(Sc3ccc(CO)cc3C#N)[nH]c2c1. The first-order valence-electron chi connectivity index (χ1n) is 6.47. The zero-order chi connectivity index (χ0) is 14.8. The standard InChI is InChI=1S/C16H13N3OS/c1-10-2-4-13-14(6-10)19-16(18-13)21-15-5-3-11(9-20)7-12(15)8-17/h2-7,20H,9H2,1H3,(H,18,19). The Balaban J connectivity index is 1.96. The third-order valence-electron chi connectivity index (χ3n) is 3.17. The van der Waals surface area contributed by atoms with Gasteiger partial charge in [-0.25, -0.2) is 4.98 Å². The summed E-state index contributed by atoms with van der Waals surface area (Å²) < 4.78 is 0. The van der Waals surface area contributed by atoms with Crippen LogP contribution in [-0.2, 0) is 6.61 Å². The molecule has 0 aliphatic heterocycles. The lowest BCUT2D eigenvalue weighted by Gasteiger charge is -2.03. The van der Waals surface area contributed by atoms with E-state index in [1.807, 2.05) is 37.3 Å². The van der Waals surface area contributed by atoms with Crippen molar-refractivity contribution in [1.29, 1.82) is 5.26 Å². The van der Waals surface area contributed by atoms with Gasteiger partial charge in [-0.3, -0.25) is 0 Å². The highest BCUT2D eigenvalue weighted by molar-refractivity contribution is 7.99. The molecule has 0 bridgehead atoms. The molecule has 3 rings (SSSR count). The molecular weight excluding hydrogens is 282 g/mol. The van der Waals surface area contributed by atoms with Crippen LogP contribution >= 0.6 is 11.8 Å². The summed E-state index contributed by atoms with van der Waals surface area (Å²) >= 11 is 1.42. The number of aromatic nitrogens is 2. The highest BCUT2D eigenvalue weighted by Crippen LogP contribution is 2.30. The Morgan fingerprint density at radius 2 is 2.14 bits per heavy atom. The number of hydrogen-bond donors (Lipinski definition) is 2. The summed E-state index contributed by atoms with van der Waals surface area (Å²) in [7, 11) is 0. The van der Waals surface area contributed by atoms with E-state index in [2.05, 4.69) is 16.0 Å². The molecule has 0 amide bonds. The number of aliphatic hydroxyl groups is 1. The van der Waals surface area contributed by atoms with Crippen molar-refractivity contribution in [3.8, 4) is 6.07 Å². The van der Waals surface area contributed by atoms with Crippen molar-refractivity contribution in [2.75, 3.05) is 0 Å². The minimum absolute atomic E-state index is 0.0659. The average molecular weight is 295 g/mol. The lowest BCUT2D eigenvalue weighted by Crippen LogP contribution is -1.88. The highest BCUT2D eigenvalue weighted by atomic mass is 32.2. The van der Waals surface area contributed by atoms with Gasteiger partial charge in [0.1, 0.15) is 6.07 Å². The molecule has 0 spiro atoms. The van der Waals surface area contributed by atoms with Crippen molar-refractivity contribution >= 4 is 22.8 Å². The minimum atomic E-state index is -0.0659. The van der Waals surface area contributed by atoms with Gasteiger partial charge in [-0.05, 0) is 42.3 Å². The maximum atomic E-state index is 9.22. The summed E-state index contributed by atoms with van der Waals surface area (Å²) in [6, 6.07) is 13.6. The van der Waals surface area contributed by atoms with Crippen molar-refractivity contribution in [2.24, 2.45) is 0 Å². The molecular formula is C16H13N3OS. The third kappa shape index (κ3) is 2.77. The summed E-state index contributed by atoms with van der Waals surface area (Å²) in [6.45, 7) is 1.97. The van der Waals surface area contributed by atoms with E-state index in [0.717, 1.165) is 26.6 Å². The summed E-state index contributed by atoms with van der Waals surface area (Å²) in [5.41, 5.74) is 4.35. The lowest BCUT2D eigenvalue weighted by molar-refractivity contribution is 0.281. The lowest BCUT2D eigenvalue weighted by atomic mass is 10.1. The Labute approximate surface area is 126 Å². The van der Waals surface area contributed by atoms with Gasteiger partial charge >= 0.3 is 0 Å². The van der Waals surface area contributed by atoms with Gasteiger partial charge in [-0.1, -0.05) is 23.9 Å². The number of aliphatic hydroxyl groups excluding tert-OH is 1. The molecule has 3 aromatic rings. The van der Waals surface area contributed by atoms with E-state index < -0.39 is 0 Å². The van der Waals surface area contributed by atoms with Crippen molar-refractivity contribution in [2.45, 2.75) is 23.6 Å². The Kier molecular flexibility index (Phi) is 3.65. The molecule has 2 aromatic carbocycles. The molecule has 0 radical (unpaired) electrons. The number of imidazole rings is 1. The zero-order valence-electron chi connectivity index (χ0n) is 11.4. The van der Waals surface area contributed by atoms with Crippen LogP contribution in [0.25, 0.3) is 11.0 Å². The Hall–Kier alpha value is -2.29. The van der Waals surface area contributed by atoms with Gasteiger partial charge in [0.05, 0.1) is 23.2 Å². The van der Waals surface area contributed by atoms with Gasteiger partial charge in [0.15, 0.2) is 5.16 Å². The minimum Gasteiger partial charge on any atom is -0.392 e. The summed E-state index contributed by atoms with van der Waals surface area (Å²) in [5.74, 6) is 0. The van der Waals surface area contributed by atoms with Gasteiger partial charge in [0.2, 0.25) is 0 Å². The predicted octanol–water partition coefficient (Wildman–Crippen LogP) is 3.39. The van der Waals surface area contributed by atoms with Crippen molar-refractivity contribution in [1.82, 2.24) is 9.97 Å². The van der Waals surface area contributed by atoms with E-state index >= 15 is 0 Å². The normalized spacial score (nSPS) is 10.7. The molecule has 104 valence electrons. The molecule has 0 aliphatic rings. The fourth-order valence-corrected chi connectivity index (χ4v) is 2.97. The molecule has 0 saturated heterocycles. The molecule has 4 nitrogen and oxygen atoms in total. The molecule has 5 heteroatoms. The van der Waals surface area contributed by atoms with Crippen molar-refractivity contribution in [3.63, 3.8) is 0 Å². The van der Waals surface area contributed by atoms with Gasteiger partial charge in [-0.15, -0.1) is 0 Å². The number of aromatic amines is 1. The van der Waals surface area contributed by atoms with Gasteiger partial charge in [0.25, 0.3) is 0 Å². The molecule has 0 unspecified atom stereocenters. The zero-order valence-corrected chi connectivity index (χ0v) is 12.2. The maximum Gasteiger partial charge on any atom is 0.171 e. The number of fused-ring (bicyclic) bond motifs is 1. The number of benzene rings is 2. The molecule has 1 aromatic heterocycles. The second-order valence-corrected chi connectivity index (χ2v) is 5.80. The highest BCUT2D eigenvalue weighted by Gasteiger charge is 2.09. The van der Waals surface area contributed by atoms with Gasteiger partial charge < -0.3 is 10.1 Å².